The fourth-order valence-electron chi connectivity index (χ4n) is 4.87. The van der Waals surface area contributed by atoms with Gasteiger partial charge >= 0.3 is 6.09 Å². The van der Waals surface area contributed by atoms with Crippen LogP contribution in [0.1, 0.15) is 57.4 Å². The first-order chi connectivity index (χ1) is 18.0. The maximum absolute atomic E-state index is 13.2. The van der Waals surface area contributed by atoms with Gasteiger partial charge in [-0.05, 0) is 51.7 Å². The lowest BCUT2D eigenvalue weighted by molar-refractivity contribution is 0.109. The van der Waals surface area contributed by atoms with Gasteiger partial charge in [-0.15, -0.1) is 11.3 Å². The Hall–Kier alpha value is -2.22. The maximum Gasteiger partial charge on any atom is 0.407 e. The van der Waals surface area contributed by atoms with Gasteiger partial charge in [-0.3, -0.25) is 0 Å². The van der Waals surface area contributed by atoms with Crippen molar-refractivity contribution in [2.24, 2.45) is 0 Å². The second-order valence-corrected chi connectivity index (χ2v) is 15.1. The Bertz CT molecular complexity index is 1330. The Balaban J connectivity index is 1.52. The number of sulfone groups is 1. The molecule has 38 heavy (non-hydrogen) atoms. The minimum Gasteiger partial charge on any atom is -0.447 e. The third-order valence-electron chi connectivity index (χ3n) is 6.83. The van der Waals surface area contributed by atoms with Crippen LogP contribution in [-0.4, -0.2) is 71.2 Å². The van der Waals surface area contributed by atoms with Gasteiger partial charge in [0.15, 0.2) is 9.84 Å². The molecule has 1 aliphatic carbocycles. The number of hydrogen-bond acceptors (Lipinski definition) is 9. The van der Waals surface area contributed by atoms with Crippen molar-refractivity contribution in [2.75, 3.05) is 36.0 Å². The van der Waals surface area contributed by atoms with Crippen LogP contribution in [0, 0.1) is 0 Å². The topological polar surface area (TPSA) is 135 Å². The lowest BCUT2D eigenvalue weighted by Gasteiger charge is -2.29. The predicted molar refractivity (Wildman–Crippen MR) is 149 cm³/mol. The summed E-state index contributed by atoms with van der Waals surface area (Å²) in [6.45, 7) is 6.29. The van der Waals surface area contributed by atoms with Gasteiger partial charge in [0.2, 0.25) is 10.0 Å². The molecule has 2 fully saturated rings. The summed E-state index contributed by atoms with van der Waals surface area (Å²) < 4.78 is 57.8. The molecule has 1 aromatic heterocycles. The van der Waals surface area contributed by atoms with E-state index in [0.717, 1.165) is 35.6 Å². The van der Waals surface area contributed by atoms with Gasteiger partial charge in [-0.25, -0.2) is 31.3 Å². The van der Waals surface area contributed by atoms with Gasteiger partial charge in [0.25, 0.3) is 0 Å². The quantitative estimate of drug-likeness (QED) is 0.481. The van der Waals surface area contributed by atoms with Crippen LogP contribution in [-0.2, 0) is 24.6 Å². The molecule has 0 atom stereocenters. The van der Waals surface area contributed by atoms with E-state index in [0.29, 0.717) is 24.3 Å². The van der Waals surface area contributed by atoms with Crippen molar-refractivity contribution in [3.05, 3.63) is 29.4 Å². The molecule has 0 spiro atoms. The van der Waals surface area contributed by atoms with Gasteiger partial charge in [0.05, 0.1) is 32.4 Å². The Morgan fingerprint density at radius 2 is 1.87 bits per heavy atom. The molecule has 210 valence electrons. The van der Waals surface area contributed by atoms with Crippen LogP contribution in [0.2, 0.25) is 0 Å². The van der Waals surface area contributed by atoms with Crippen molar-refractivity contribution in [3.8, 4) is 10.4 Å². The number of sulfonamides is 1. The Morgan fingerprint density at radius 1 is 1.18 bits per heavy atom. The molecule has 2 aromatic rings. The average Bonchev–Trinajstić information content (AvgIpc) is 3.34. The number of nitrogens with one attached hydrogen (secondary N) is 2. The van der Waals surface area contributed by atoms with Crippen LogP contribution < -0.4 is 14.9 Å². The first kappa shape index (κ1) is 28.8. The van der Waals surface area contributed by atoms with E-state index >= 15 is 0 Å². The largest absolute Gasteiger partial charge is 0.447 e. The highest BCUT2D eigenvalue weighted by molar-refractivity contribution is 7.91. The summed E-state index contributed by atoms with van der Waals surface area (Å²) in [5.74, 6) is 0.356. The zero-order chi connectivity index (χ0) is 27.5. The van der Waals surface area contributed by atoms with Crippen molar-refractivity contribution >= 4 is 43.0 Å². The molecule has 2 aliphatic rings. The number of carbonyl (C=O) groups excluding carboxylic acids is 1. The maximum atomic E-state index is 13.2. The summed E-state index contributed by atoms with van der Waals surface area (Å²) >= 11 is 1.50. The zero-order valence-corrected chi connectivity index (χ0v) is 24.4. The first-order valence-corrected chi connectivity index (χ1v) is 17.1. The monoisotopic (exact) mass is 584 g/mol. The van der Waals surface area contributed by atoms with Crippen LogP contribution in [0.4, 0.5) is 10.5 Å². The van der Waals surface area contributed by atoms with E-state index in [4.69, 9.17) is 4.74 Å². The van der Waals surface area contributed by atoms with Gasteiger partial charge in [-0.2, -0.15) is 0 Å². The van der Waals surface area contributed by atoms with E-state index < -0.39 is 19.9 Å². The molecule has 1 aromatic carbocycles. The second kappa shape index (κ2) is 11.9. The number of ether oxygens (including phenoxy) is 1. The van der Waals surface area contributed by atoms with Gasteiger partial charge in [0, 0.05) is 49.0 Å². The molecular formula is C25H36N4O6S3. The Kier molecular flexibility index (Phi) is 9.00. The minimum atomic E-state index is -3.78. The lowest BCUT2D eigenvalue weighted by atomic mass is 9.86. The van der Waals surface area contributed by atoms with E-state index in [1.54, 1.807) is 25.3 Å². The average molecular weight is 585 g/mol. The number of alkyl carbamates (subject to hydrolysis) is 1. The molecule has 10 nitrogen and oxygen atoms in total. The number of amides is 1. The normalized spacial score (nSPS) is 21.8. The SMILES string of the molecule is CCNS(=O)(=O)c1cc(N2CCS(=O)(=O)CC2)ccc1-c1cnc([C@H]2CC[C@H](NC(=O)OC(C)C)CC2)s1. The summed E-state index contributed by atoms with van der Waals surface area (Å²) in [5.41, 5.74) is 1.27. The number of nitrogens with zero attached hydrogens (tertiary/aromatic N) is 2. The molecule has 2 N–H and O–H groups in total. The molecule has 0 unspecified atom stereocenters. The highest BCUT2D eigenvalue weighted by Gasteiger charge is 2.28. The summed E-state index contributed by atoms with van der Waals surface area (Å²) in [6.07, 6.45) is 4.59. The number of thiazole rings is 1. The summed E-state index contributed by atoms with van der Waals surface area (Å²) in [7, 11) is -6.83. The summed E-state index contributed by atoms with van der Waals surface area (Å²) in [4.78, 5) is 19.4. The molecular weight excluding hydrogens is 548 g/mol. The fourth-order valence-corrected chi connectivity index (χ4v) is 8.54. The van der Waals surface area contributed by atoms with Crippen LogP contribution in [0.3, 0.4) is 0 Å². The Labute approximate surface area is 229 Å². The van der Waals surface area contributed by atoms with Crippen LogP contribution in [0.25, 0.3) is 10.4 Å². The van der Waals surface area contributed by atoms with Crippen molar-refractivity contribution in [1.29, 1.82) is 0 Å². The van der Waals surface area contributed by atoms with E-state index in [9.17, 15) is 21.6 Å². The van der Waals surface area contributed by atoms with E-state index in [1.807, 2.05) is 24.8 Å². The van der Waals surface area contributed by atoms with Crippen molar-refractivity contribution < 1.29 is 26.4 Å². The molecule has 1 amide bonds. The molecule has 1 aliphatic heterocycles. The minimum absolute atomic E-state index is 0.0545. The molecule has 4 rings (SSSR count). The van der Waals surface area contributed by atoms with Gasteiger partial charge in [-0.1, -0.05) is 13.0 Å². The van der Waals surface area contributed by atoms with Crippen molar-refractivity contribution in [2.45, 2.75) is 69.4 Å². The number of hydrogen-bond donors (Lipinski definition) is 2. The second-order valence-electron chi connectivity index (χ2n) is 10.0. The highest BCUT2D eigenvalue weighted by atomic mass is 32.2. The molecule has 2 heterocycles. The molecule has 0 bridgehead atoms. The van der Waals surface area contributed by atoms with Crippen molar-refractivity contribution in [3.63, 3.8) is 0 Å². The lowest BCUT2D eigenvalue weighted by Crippen LogP contribution is -2.40. The van der Waals surface area contributed by atoms with Crippen LogP contribution >= 0.6 is 11.3 Å². The van der Waals surface area contributed by atoms with Gasteiger partial charge < -0.3 is 15.0 Å². The Morgan fingerprint density at radius 3 is 2.50 bits per heavy atom. The fraction of sp³-hybridized carbons (Fsp3) is 0.600. The smallest absolute Gasteiger partial charge is 0.407 e. The number of rotatable bonds is 8. The summed E-state index contributed by atoms with van der Waals surface area (Å²) in [5, 5.41) is 3.90. The highest BCUT2D eigenvalue weighted by Crippen LogP contribution is 2.40. The summed E-state index contributed by atoms with van der Waals surface area (Å²) in [6, 6.07) is 5.36. The number of anilines is 1. The molecule has 1 saturated heterocycles. The van der Waals surface area contributed by atoms with E-state index in [1.165, 1.54) is 11.3 Å². The number of carbonyl (C=O) groups is 1. The predicted octanol–water partition coefficient (Wildman–Crippen LogP) is 3.50. The van der Waals surface area contributed by atoms with E-state index in [2.05, 4.69) is 15.0 Å². The number of aromatic nitrogens is 1. The van der Waals surface area contributed by atoms with E-state index in [-0.39, 0.29) is 47.1 Å². The third-order valence-corrected chi connectivity index (χ3v) is 11.2. The van der Waals surface area contributed by atoms with Crippen LogP contribution in [0.15, 0.2) is 29.3 Å². The zero-order valence-electron chi connectivity index (χ0n) is 22.0. The van der Waals surface area contributed by atoms with Crippen LogP contribution in [0.5, 0.6) is 0 Å². The van der Waals surface area contributed by atoms with Crippen molar-refractivity contribution in [1.82, 2.24) is 15.0 Å². The molecule has 1 saturated carbocycles. The molecule has 0 radical (unpaired) electrons. The van der Waals surface area contributed by atoms with Gasteiger partial charge in [0.1, 0.15) is 0 Å². The molecule has 13 heteroatoms. The number of benzene rings is 1. The first-order valence-electron chi connectivity index (χ1n) is 13.0. The third kappa shape index (κ3) is 7.04. The standard InChI is InChI=1S/C25H36N4O6S3/c1-4-27-38(33,34)23-15-20(29-11-13-37(31,32)14-12-29)9-10-21(23)22-16-26-24(36-22)18-5-7-19(8-6-18)28-25(30)35-17(2)3/h9-10,15-19,27H,4-8,11-14H2,1-3H3,(H,28,30)/t18-,19-.